The van der Waals surface area contributed by atoms with E-state index in [9.17, 15) is 4.20 Å². The molecule has 5 heavy (non-hydrogen) atoms. The van der Waals surface area contributed by atoms with Gasteiger partial charge in [0, 0.05) is 4.20 Å². The molecule has 0 aliphatic heterocycles. The van der Waals surface area contributed by atoms with Gasteiger partial charge in [-0.05, 0) is 0 Å². The van der Waals surface area contributed by atoms with Crippen LogP contribution in [-0.4, -0.2) is 1.28 Å². The summed E-state index contributed by atoms with van der Waals surface area (Å²) in [5.41, 5.74) is 0. The molecule has 0 heterocycles. The summed E-state index contributed by atoms with van der Waals surface area (Å²) < 4.78 is 18.1. The Hall–Kier alpha value is 1.31. The zero-order chi connectivity index (χ0) is 5.15. The van der Waals surface area contributed by atoms with Crippen LogP contribution >= 0.6 is 23.5 Å². The van der Waals surface area contributed by atoms with Gasteiger partial charge in [-0.25, -0.2) is 0 Å². The minimum Gasteiger partial charge on any atom is -0.0603 e. The average molecular weight is 149 g/mol. The average Bonchev–Trinajstić information content (AvgIpc) is 1.36. The molecule has 3 atom stereocenters. The van der Waals surface area contributed by atoms with Crippen LogP contribution in [0.1, 0.15) is 0 Å². The molecule has 0 saturated carbocycles. The van der Waals surface area contributed by atoms with E-state index in [1.54, 1.807) is 0 Å². The van der Waals surface area contributed by atoms with Gasteiger partial charge >= 0.3 is 6.70 Å². The lowest BCUT2D eigenvalue weighted by Gasteiger charge is -1.52. The molecular formula is H3FP3S+. The molecule has 0 N–H and O–H groups in total. The normalized spacial score (nSPS) is 20.4. The van der Waals surface area contributed by atoms with Crippen molar-refractivity contribution >= 4 is 35.3 Å². The van der Waals surface area contributed by atoms with Crippen LogP contribution in [0.5, 0.6) is 0 Å². The molecule has 0 amide bonds. The smallest absolute Gasteiger partial charge is 0.0603 e. The second kappa shape index (κ2) is 3.50. The van der Waals surface area contributed by atoms with Gasteiger partial charge in [0.05, 0.1) is 0 Å². The molecule has 3 unspecified atom stereocenters. The molecule has 0 aliphatic carbocycles. The zero-order valence-electron chi connectivity index (χ0n) is 3.26. The first-order valence-electron chi connectivity index (χ1n) is 1.26. The fourth-order valence-corrected chi connectivity index (χ4v) is 0. The van der Waals surface area contributed by atoms with Crippen molar-refractivity contribution in [3.05, 3.63) is 0 Å². The van der Waals surface area contributed by atoms with E-state index >= 15 is 0 Å². The van der Waals surface area contributed by atoms with Crippen molar-refractivity contribution in [2.24, 2.45) is 0 Å². The van der Waals surface area contributed by atoms with Gasteiger partial charge in [0.25, 0.3) is 0 Å². The van der Waals surface area contributed by atoms with E-state index in [1.165, 1.54) is 0 Å². The molecule has 0 aromatic carbocycles. The van der Waals surface area contributed by atoms with Crippen molar-refractivity contribution in [1.29, 1.82) is 1.28 Å². The third kappa shape index (κ3) is 5.31. The van der Waals surface area contributed by atoms with E-state index in [2.05, 4.69) is 20.7 Å². The van der Waals surface area contributed by atoms with Crippen molar-refractivity contribution in [3.8, 4) is 0 Å². The summed E-state index contributed by atoms with van der Waals surface area (Å²) in [6, 6.07) is 0. The predicted octanol–water partition coefficient (Wildman–Crippen LogP) is 2.20. The molecule has 5 heteroatoms. The highest BCUT2D eigenvalue weighted by molar-refractivity contribution is 8.52. The summed E-state index contributed by atoms with van der Waals surface area (Å²) in [7, 11) is 0.774. The maximum atomic E-state index is 11.5. The lowest BCUT2D eigenvalue weighted by Crippen LogP contribution is -1.04. The summed E-state index contributed by atoms with van der Waals surface area (Å²) in [6.45, 7) is -1.88. The van der Waals surface area contributed by atoms with Crippen molar-refractivity contribution in [2.45, 2.75) is 0 Å². The van der Waals surface area contributed by atoms with E-state index in [4.69, 9.17) is 1.28 Å². The maximum Gasteiger partial charge on any atom is 0.413 e. The monoisotopic (exact) mass is 149 g/mol. The molecule has 0 fully saturated rings. The van der Waals surface area contributed by atoms with Gasteiger partial charge in [0.1, 0.15) is 1.28 Å². The molecule has 30 valence electrons. The largest absolute Gasteiger partial charge is 0.413 e. The summed E-state index contributed by atoms with van der Waals surface area (Å²) in [5, 5.41) is 0. The van der Waals surface area contributed by atoms with Crippen LogP contribution in [0.2, 0.25) is 0 Å². The maximum absolute atomic E-state index is 11.5. The highest BCUT2D eigenvalue weighted by Gasteiger charge is 1.97. The summed E-state index contributed by atoms with van der Waals surface area (Å²) in [5.74, 6) is 0. The molecule has 0 bridgehead atoms. The van der Waals surface area contributed by atoms with E-state index in [1.807, 2.05) is 0 Å². The van der Waals surface area contributed by atoms with Gasteiger partial charge in [-0.2, -0.15) is 0 Å². The highest BCUT2D eigenvalue weighted by Crippen LogP contribution is 2.51. The first-order chi connectivity index (χ1) is 2.64. The Bertz CT molecular complexity index is 61.8. The number of hydrogen-bond acceptors (Lipinski definition) is 1. The van der Waals surface area contributed by atoms with Gasteiger partial charge in [0.15, 0.2) is 7.90 Å². The van der Waals surface area contributed by atoms with Crippen LogP contribution in [0.4, 0.5) is 4.20 Å². The Balaban J connectivity index is 3.26. The number of halogens is 1. The van der Waals surface area contributed by atoms with Crippen LogP contribution in [0, 0.1) is 0 Å². The third-order valence-electron chi connectivity index (χ3n) is 0.0908. The fraction of sp³-hybridized carbons (Fsp3) is 0. The Morgan fingerprint density at radius 3 is 2.60 bits per heavy atom. The zero-order valence-corrected chi connectivity index (χ0v) is 6.02. The standard InChI is InChI=1S/FH3P3S/c1-4(5)3-2/h3H,2H2/q+1/i3T. The number of rotatable bonds is 1. The van der Waals surface area contributed by atoms with Crippen LogP contribution in [-0.2, 0) is 11.8 Å². The molecule has 0 nitrogen and oxygen atoms in total. The molecule has 0 spiro atoms. The van der Waals surface area contributed by atoms with Crippen molar-refractivity contribution in [1.82, 2.24) is 0 Å². The quantitative estimate of drug-likeness (QED) is 0.515. The molecule has 0 aliphatic rings. The van der Waals surface area contributed by atoms with Crippen molar-refractivity contribution in [2.75, 3.05) is 0 Å². The van der Waals surface area contributed by atoms with Gasteiger partial charge in [-0.1, -0.05) is 8.93 Å². The molecule has 0 saturated heterocycles. The van der Waals surface area contributed by atoms with Gasteiger partial charge in [-0.3, -0.25) is 0 Å². The van der Waals surface area contributed by atoms with Crippen LogP contribution in [0.15, 0.2) is 0 Å². The predicted molar refractivity (Wildman–Crippen MR) is 33.4 cm³/mol. The molecule has 0 radical (unpaired) electrons. The summed E-state index contributed by atoms with van der Waals surface area (Å²) in [4.78, 5) is 0. The minimum atomic E-state index is -1.88. The Morgan fingerprint density at radius 1 is 2.40 bits per heavy atom. The molecule has 0 aromatic heterocycles. The summed E-state index contributed by atoms with van der Waals surface area (Å²) >= 11 is 4.12. The second-order valence-corrected chi connectivity index (χ2v) is 6.62. The first kappa shape index (κ1) is 4.47. The van der Waals surface area contributed by atoms with Crippen LogP contribution in [0.25, 0.3) is 0 Å². The molecule has 0 aromatic rings. The van der Waals surface area contributed by atoms with E-state index in [0.717, 1.165) is 0 Å². The topological polar surface area (TPSA) is 0 Å². The SMILES string of the molecule is [3H]P(P)[P+](F)=S. The molecule has 0 rings (SSSR count). The van der Waals surface area contributed by atoms with Crippen molar-refractivity contribution in [3.63, 3.8) is 0 Å². The van der Waals surface area contributed by atoms with Crippen LogP contribution < -0.4 is 0 Å². The van der Waals surface area contributed by atoms with Gasteiger partial charge in [0.2, 0.25) is 11.8 Å². The third-order valence-corrected chi connectivity index (χ3v) is 5.00. The fourth-order valence-electron chi connectivity index (χ4n) is 0. The van der Waals surface area contributed by atoms with E-state index in [-0.39, 0.29) is 0 Å². The molecular weight excluding hydrogens is 144 g/mol. The van der Waals surface area contributed by atoms with Crippen molar-refractivity contribution < 1.29 is 4.20 Å². The Morgan fingerprint density at radius 2 is 2.60 bits per heavy atom. The Kier molecular flexibility index (Phi) is 3.13. The summed E-state index contributed by atoms with van der Waals surface area (Å²) in [6.07, 6.45) is 0. The first-order valence-corrected chi connectivity index (χ1v) is 6.27. The van der Waals surface area contributed by atoms with Gasteiger partial charge in [-0.15, -0.1) is 0 Å². The number of hydrogen-bond donors (Lipinski definition) is 0. The van der Waals surface area contributed by atoms with Gasteiger partial charge < -0.3 is 0 Å². The highest BCUT2D eigenvalue weighted by atomic mass is 32.7. The second-order valence-electron chi connectivity index (χ2n) is 0.342. The lowest BCUT2D eigenvalue weighted by molar-refractivity contribution is 0.934. The van der Waals surface area contributed by atoms with E-state index in [0.29, 0.717) is 0 Å². The lowest BCUT2D eigenvalue weighted by atomic mass is 18.9. The minimum absolute atomic E-state index is 1.28. The van der Waals surface area contributed by atoms with Crippen LogP contribution in [0.3, 0.4) is 0 Å². The Labute approximate surface area is 41.5 Å². The van der Waals surface area contributed by atoms with E-state index < -0.39 is 14.6 Å².